The quantitative estimate of drug-likeness (QED) is 0.878. The van der Waals surface area contributed by atoms with Crippen LogP contribution in [0.2, 0.25) is 0 Å². The van der Waals surface area contributed by atoms with E-state index in [2.05, 4.69) is 40.9 Å². The number of hydrogen-bond donors (Lipinski definition) is 1. The van der Waals surface area contributed by atoms with Crippen molar-refractivity contribution in [2.24, 2.45) is 5.73 Å². The molecule has 112 valence electrons. The summed E-state index contributed by atoms with van der Waals surface area (Å²) in [5.41, 5.74) is 5.46. The van der Waals surface area contributed by atoms with Gasteiger partial charge >= 0.3 is 0 Å². The van der Waals surface area contributed by atoms with Gasteiger partial charge in [0, 0.05) is 36.8 Å². The second-order valence-corrected chi connectivity index (χ2v) is 5.82. The molecule has 3 rings (SSSR count). The third kappa shape index (κ3) is 3.58. The lowest BCUT2D eigenvalue weighted by atomic mass is 10.3. The van der Waals surface area contributed by atoms with Crippen molar-refractivity contribution in [3.63, 3.8) is 0 Å². The van der Waals surface area contributed by atoms with Gasteiger partial charge in [-0.1, -0.05) is 5.16 Å². The van der Waals surface area contributed by atoms with E-state index in [1.807, 2.05) is 18.3 Å². The summed E-state index contributed by atoms with van der Waals surface area (Å²) in [5.74, 6) is 2.20. The molecule has 0 saturated carbocycles. The minimum atomic E-state index is 0.288. The zero-order valence-electron chi connectivity index (χ0n) is 11.6. The maximum atomic E-state index is 5.46. The zero-order valence-corrected chi connectivity index (χ0v) is 13.2. The Morgan fingerprint density at radius 1 is 1.24 bits per heavy atom. The number of hydrogen-bond acceptors (Lipinski definition) is 7. The first kappa shape index (κ1) is 14.4. The van der Waals surface area contributed by atoms with Crippen LogP contribution in [-0.2, 0) is 13.1 Å². The van der Waals surface area contributed by atoms with Crippen LogP contribution in [-0.4, -0.2) is 46.2 Å². The molecule has 2 aromatic heterocycles. The largest absolute Gasteiger partial charge is 0.354 e. The number of pyridine rings is 1. The number of piperazine rings is 1. The van der Waals surface area contributed by atoms with Crippen LogP contribution in [0.5, 0.6) is 0 Å². The molecule has 0 spiro atoms. The zero-order chi connectivity index (χ0) is 14.7. The molecule has 2 aromatic rings. The van der Waals surface area contributed by atoms with Crippen molar-refractivity contribution in [2.45, 2.75) is 13.1 Å². The fourth-order valence-electron chi connectivity index (χ4n) is 2.33. The number of rotatable bonds is 4. The number of halogens is 1. The number of nitrogens with zero attached hydrogens (tertiary/aromatic N) is 5. The summed E-state index contributed by atoms with van der Waals surface area (Å²) in [6, 6.07) is 4.05. The molecule has 8 heteroatoms. The standard InChI is InChI=1S/C13H17BrN6O/c14-10-1-2-12(16-8-10)20-5-3-19(4-6-20)9-11-17-13(7-15)21-18-11/h1-2,8H,3-7,9,15H2. The van der Waals surface area contributed by atoms with Gasteiger partial charge in [-0.05, 0) is 28.1 Å². The monoisotopic (exact) mass is 352 g/mol. The van der Waals surface area contributed by atoms with Crippen molar-refractivity contribution in [3.8, 4) is 0 Å². The molecule has 0 atom stereocenters. The van der Waals surface area contributed by atoms with E-state index in [4.69, 9.17) is 10.3 Å². The SMILES string of the molecule is NCc1nc(CN2CCN(c3ccc(Br)cn3)CC2)no1. The van der Waals surface area contributed by atoms with E-state index in [0.29, 0.717) is 18.3 Å². The van der Waals surface area contributed by atoms with E-state index < -0.39 is 0 Å². The van der Waals surface area contributed by atoms with Crippen LogP contribution < -0.4 is 10.6 Å². The van der Waals surface area contributed by atoms with Crippen molar-refractivity contribution in [1.29, 1.82) is 0 Å². The summed E-state index contributed by atoms with van der Waals surface area (Å²) in [5, 5.41) is 3.93. The van der Waals surface area contributed by atoms with Gasteiger partial charge in [0.25, 0.3) is 0 Å². The predicted molar refractivity (Wildman–Crippen MR) is 81.6 cm³/mol. The van der Waals surface area contributed by atoms with E-state index in [1.54, 1.807) is 0 Å². The molecule has 1 fully saturated rings. The smallest absolute Gasteiger partial charge is 0.240 e. The number of aromatic nitrogens is 3. The molecule has 3 heterocycles. The Balaban J connectivity index is 1.54. The average Bonchev–Trinajstić information content (AvgIpc) is 2.97. The Labute approximate surface area is 131 Å². The third-order valence-electron chi connectivity index (χ3n) is 3.46. The van der Waals surface area contributed by atoms with Crippen LogP contribution in [0.4, 0.5) is 5.82 Å². The van der Waals surface area contributed by atoms with Crippen LogP contribution in [0.3, 0.4) is 0 Å². The van der Waals surface area contributed by atoms with Gasteiger partial charge in [-0.3, -0.25) is 4.90 Å². The van der Waals surface area contributed by atoms with Gasteiger partial charge in [-0.25, -0.2) is 4.98 Å². The molecule has 1 saturated heterocycles. The highest BCUT2D eigenvalue weighted by molar-refractivity contribution is 9.10. The molecule has 0 unspecified atom stereocenters. The highest BCUT2D eigenvalue weighted by Gasteiger charge is 2.19. The molecule has 0 amide bonds. The second kappa shape index (κ2) is 6.50. The van der Waals surface area contributed by atoms with Crippen LogP contribution in [0.1, 0.15) is 11.7 Å². The van der Waals surface area contributed by atoms with Gasteiger partial charge < -0.3 is 15.2 Å². The molecule has 1 aliphatic heterocycles. The fourth-order valence-corrected chi connectivity index (χ4v) is 2.56. The van der Waals surface area contributed by atoms with Gasteiger partial charge in [-0.15, -0.1) is 0 Å². The molecule has 21 heavy (non-hydrogen) atoms. The topological polar surface area (TPSA) is 84.3 Å². The molecule has 2 N–H and O–H groups in total. The Bertz CT molecular complexity index is 579. The van der Waals surface area contributed by atoms with Crippen molar-refractivity contribution >= 4 is 21.7 Å². The number of anilines is 1. The minimum absolute atomic E-state index is 0.288. The van der Waals surface area contributed by atoms with Crippen molar-refractivity contribution in [1.82, 2.24) is 20.0 Å². The molecule has 0 aromatic carbocycles. The van der Waals surface area contributed by atoms with Gasteiger partial charge in [0.2, 0.25) is 5.89 Å². The lowest BCUT2D eigenvalue weighted by Crippen LogP contribution is -2.46. The molecule has 7 nitrogen and oxygen atoms in total. The van der Waals surface area contributed by atoms with Gasteiger partial charge in [0.05, 0.1) is 13.1 Å². The molecule has 0 bridgehead atoms. The van der Waals surface area contributed by atoms with E-state index in [1.165, 1.54) is 0 Å². The van der Waals surface area contributed by atoms with Crippen LogP contribution >= 0.6 is 15.9 Å². The normalized spacial score (nSPS) is 16.4. The average molecular weight is 353 g/mol. The summed E-state index contributed by atoms with van der Waals surface area (Å²) < 4.78 is 6.02. The summed E-state index contributed by atoms with van der Waals surface area (Å²) in [4.78, 5) is 13.3. The Hall–Kier alpha value is -1.51. The first-order valence-corrected chi connectivity index (χ1v) is 7.64. The predicted octanol–water partition coefficient (Wildman–Crippen LogP) is 1.01. The summed E-state index contributed by atoms with van der Waals surface area (Å²) in [6.07, 6.45) is 1.83. The highest BCUT2D eigenvalue weighted by atomic mass is 79.9. The Morgan fingerprint density at radius 2 is 2.05 bits per heavy atom. The maximum Gasteiger partial charge on any atom is 0.240 e. The summed E-state index contributed by atoms with van der Waals surface area (Å²) >= 11 is 3.40. The van der Waals surface area contributed by atoms with Crippen molar-refractivity contribution in [3.05, 3.63) is 34.5 Å². The lowest BCUT2D eigenvalue weighted by molar-refractivity contribution is 0.239. The molecule has 0 aliphatic carbocycles. The minimum Gasteiger partial charge on any atom is -0.354 e. The van der Waals surface area contributed by atoms with Crippen molar-refractivity contribution in [2.75, 3.05) is 31.1 Å². The molecular formula is C13H17BrN6O. The second-order valence-electron chi connectivity index (χ2n) is 4.91. The van der Waals surface area contributed by atoms with E-state index in [0.717, 1.165) is 36.5 Å². The van der Waals surface area contributed by atoms with Crippen LogP contribution in [0.25, 0.3) is 0 Å². The third-order valence-corrected chi connectivity index (χ3v) is 3.93. The van der Waals surface area contributed by atoms with Gasteiger partial charge in [-0.2, -0.15) is 4.98 Å². The summed E-state index contributed by atoms with van der Waals surface area (Å²) in [7, 11) is 0. The first-order chi connectivity index (χ1) is 10.2. The lowest BCUT2D eigenvalue weighted by Gasteiger charge is -2.34. The van der Waals surface area contributed by atoms with Gasteiger partial charge in [0.1, 0.15) is 5.82 Å². The summed E-state index contributed by atoms with van der Waals surface area (Å²) in [6.45, 7) is 4.77. The Kier molecular flexibility index (Phi) is 4.47. The highest BCUT2D eigenvalue weighted by Crippen LogP contribution is 2.17. The first-order valence-electron chi connectivity index (χ1n) is 6.85. The maximum absolute atomic E-state index is 5.46. The molecule has 0 radical (unpaired) electrons. The molecule has 1 aliphatic rings. The fraction of sp³-hybridized carbons (Fsp3) is 0.462. The van der Waals surface area contributed by atoms with E-state index in [9.17, 15) is 0 Å². The van der Waals surface area contributed by atoms with Crippen LogP contribution in [0.15, 0.2) is 27.3 Å². The molecular weight excluding hydrogens is 336 g/mol. The van der Waals surface area contributed by atoms with E-state index >= 15 is 0 Å². The van der Waals surface area contributed by atoms with E-state index in [-0.39, 0.29) is 6.54 Å². The van der Waals surface area contributed by atoms with Crippen molar-refractivity contribution < 1.29 is 4.52 Å². The number of nitrogens with two attached hydrogens (primary N) is 1. The van der Waals surface area contributed by atoms with Gasteiger partial charge in [0.15, 0.2) is 5.82 Å². The van der Waals surface area contributed by atoms with Crippen LogP contribution in [0, 0.1) is 0 Å². The Morgan fingerprint density at radius 3 is 2.67 bits per heavy atom.